The molecular weight excluding hydrogens is 280 g/mol. The van der Waals surface area contributed by atoms with Crippen molar-refractivity contribution in [3.05, 3.63) is 0 Å². The van der Waals surface area contributed by atoms with Crippen LogP contribution in [0.3, 0.4) is 0 Å². The zero-order valence-corrected chi connectivity index (χ0v) is 13.2. The van der Waals surface area contributed by atoms with E-state index in [9.17, 15) is 0 Å². The van der Waals surface area contributed by atoms with Crippen molar-refractivity contribution < 1.29 is 0 Å². The van der Waals surface area contributed by atoms with Gasteiger partial charge in [-0.1, -0.05) is 33.1 Å². The lowest BCUT2D eigenvalue weighted by molar-refractivity contribution is 1.03. The summed E-state index contributed by atoms with van der Waals surface area (Å²) in [6.45, 7) is 8.36. The van der Waals surface area contributed by atoms with Gasteiger partial charge in [0.15, 0.2) is 5.17 Å². The molecule has 96 valence electrons. The van der Waals surface area contributed by atoms with Crippen molar-refractivity contribution in [2.45, 2.75) is 38.2 Å². The zero-order chi connectivity index (χ0) is 12.8. The van der Waals surface area contributed by atoms with Crippen LogP contribution in [0.4, 0.5) is 0 Å². The molecule has 0 aromatic rings. The van der Waals surface area contributed by atoms with Crippen LogP contribution in [-0.2, 0) is 0 Å². The first-order chi connectivity index (χ1) is 7.10. The minimum atomic E-state index is -3.02. The molecule has 0 aromatic heterocycles. The first-order valence-corrected chi connectivity index (χ1v) is 12.0. The van der Waals surface area contributed by atoms with Gasteiger partial charge in [-0.15, -0.1) is 0 Å². The maximum atomic E-state index is 8.13. The van der Waals surface area contributed by atoms with E-state index in [1.165, 1.54) is 10.8 Å². The van der Waals surface area contributed by atoms with E-state index in [0.717, 1.165) is 0 Å². The van der Waals surface area contributed by atoms with Gasteiger partial charge >= 0.3 is 0 Å². The first kappa shape index (κ1) is 14.4. The van der Waals surface area contributed by atoms with Crippen molar-refractivity contribution >= 4 is 46.2 Å². The predicted molar refractivity (Wildman–Crippen MR) is 84.5 cm³/mol. The SMILES string of the molecule is CC(C)S1(SC(=N)N)(C(=N)N)(C(C)C)SS1. The number of rotatable bonds is 2. The van der Waals surface area contributed by atoms with E-state index < -0.39 is 5.39 Å². The third-order valence-electron chi connectivity index (χ3n) is 3.34. The van der Waals surface area contributed by atoms with Crippen molar-refractivity contribution in [1.29, 1.82) is 10.8 Å². The second-order valence-corrected chi connectivity index (χ2v) is 24.1. The highest BCUT2D eigenvalue weighted by Gasteiger charge is 2.82. The third-order valence-corrected chi connectivity index (χ3v) is 32.9. The average Bonchev–Trinajstić information content (AvgIpc) is 2.79. The number of nitrogens with two attached hydrogens (primary N) is 2. The summed E-state index contributed by atoms with van der Waals surface area (Å²) in [4.78, 5) is 0. The van der Waals surface area contributed by atoms with Gasteiger partial charge in [0.1, 0.15) is 5.17 Å². The van der Waals surface area contributed by atoms with Crippen LogP contribution in [0.5, 0.6) is 0 Å². The Balaban J connectivity index is 3.54. The number of amidine groups is 2. The van der Waals surface area contributed by atoms with E-state index in [-0.39, 0.29) is 20.8 Å². The molecule has 0 atom stereocenters. The third kappa shape index (κ3) is 1.19. The lowest BCUT2D eigenvalue weighted by Gasteiger charge is -2.64. The molecule has 6 N–H and O–H groups in total. The molecule has 0 spiro atoms. The predicted octanol–water partition coefficient (Wildman–Crippen LogP) is 3.34. The quantitative estimate of drug-likeness (QED) is 0.271. The first-order valence-electron chi connectivity index (χ1n) is 4.93. The fourth-order valence-corrected chi connectivity index (χ4v) is 27.8. The Morgan fingerprint density at radius 3 is 1.50 bits per heavy atom. The van der Waals surface area contributed by atoms with Gasteiger partial charge in [-0.05, 0) is 30.4 Å². The summed E-state index contributed by atoms with van der Waals surface area (Å²) < 4.78 is 0. The Kier molecular flexibility index (Phi) is 3.08. The van der Waals surface area contributed by atoms with Crippen LogP contribution in [-0.4, -0.2) is 20.8 Å². The van der Waals surface area contributed by atoms with Crippen molar-refractivity contribution in [2.75, 3.05) is 0 Å². The molecule has 0 radical (unpaired) electrons. The highest BCUT2D eigenvalue weighted by atomic mass is 34.3. The Morgan fingerprint density at radius 1 is 1.06 bits per heavy atom. The fourth-order valence-electron chi connectivity index (χ4n) is 1.98. The summed E-state index contributed by atoms with van der Waals surface area (Å²) in [6, 6.07) is 0. The molecule has 1 heterocycles. The lowest BCUT2D eigenvalue weighted by Crippen LogP contribution is -2.44. The summed E-state index contributed by atoms with van der Waals surface area (Å²) in [7, 11) is 4.72. The van der Waals surface area contributed by atoms with Gasteiger partial charge in [0, 0.05) is 10.5 Å². The molecule has 1 aliphatic rings. The van der Waals surface area contributed by atoms with Crippen LogP contribution in [0.15, 0.2) is 0 Å². The van der Waals surface area contributed by atoms with Crippen molar-refractivity contribution in [3.8, 4) is 0 Å². The lowest BCUT2D eigenvalue weighted by atomic mass is 10.5. The van der Waals surface area contributed by atoms with Crippen LogP contribution in [0.2, 0.25) is 0 Å². The molecular formula is C8H20N4S4. The molecule has 0 aliphatic carbocycles. The monoisotopic (exact) mass is 300 g/mol. The summed E-state index contributed by atoms with van der Waals surface area (Å²) >= 11 is 0. The van der Waals surface area contributed by atoms with Gasteiger partial charge in [-0.2, -0.15) is 0 Å². The Labute approximate surface area is 106 Å². The molecule has 4 nitrogen and oxygen atoms in total. The highest BCUT2D eigenvalue weighted by Crippen LogP contribution is 3.30. The largest absolute Gasteiger partial charge is 0.379 e. The van der Waals surface area contributed by atoms with Gasteiger partial charge in [0.2, 0.25) is 0 Å². The Morgan fingerprint density at radius 2 is 1.44 bits per heavy atom. The van der Waals surface area contributed by atoms with Gasteiger partial charge < -0.3 is 11.5 Å². The second kappa shape index (κ2) is 3.43. The van der Waals surface area contributed by atoms with Crippen molar-refractivity contribution in [2.24, 2.45) is 11.5 Å². The molecule has 0 aromatic carbocycles. The van der Waals surface area contributed by atoms with E-state index in [1.54, 1.807) is 19.7 Å². The normalized spacial score (nSPS) is 28.6. The van der Waals surface area contributed by atoms with E-state index >= 15 is 0 Å². The maximum absolute atomic E-state index is 8.13. The van der Waals surface area contributed by atoms with Gasteiger partial charge in [0.05, 0.1) is 0 Å². The van der Waals surface area contributed by atoms with E-state index in [4.69, 9.17) is 22.3 Å². The van der Waals surface area contributed by atoms with Crippen molar-refractivity contribution in [3.63, 3.8) is 0 Å². The minimum Gasteiger partial charge on any atom is -0.379 e. The van der Waals surface area contributed by atoms with Crippen LogP contribution in [0.1, 0.15) is 27.7 Å². The van der Waals surface area contributed by atoms with E-state index in [2.05, 4.69) is 27.7 Å². The molecule has 8 heteroatoms. The summed E-state index contributed by atoms with van der Waals surface area (Å²) in [5, 5.41) is 13.5. The second-order valence-electron chi connectivity index (χ2n) is 4.45. The molecule has 0 saturated carbocycles. The molecule has 0 unspecified atom stereocenters. The molecule has 0 amide bonds. The smallest absolute Gasteiger partial charge is 0.160 e. The zero-order valence-electron chi connectivity index (χ0n) is 9.94. The topological polar surface area (TPSA) is 99.7 Å². The van der Waals surface area contributed by atoms with Crippen LogP contribution in [0.25, 0.3) is 0 Å². The van der Waals surface area contributed by atoms with Crippen LogP contribution >= 0.6 is 35.8 Å². The van der Waals surface area contributed by atoms with Gasteiger partial charge in [-0.3, -0.25) is 10.8 Å². The van der Waals surface area contributed by atoms with E-state index in [1.807, 2.05) is 0 Å². The molecule has 1 rings (SSSR count). The molecule has 16 heavy (non-hydrogen) atoms. The van der Waals surface area contributed by atoms with E-state index in [0.29, 0.717) is 0 Å². The number of nitrogens with one attached hydrogen (secondary N) is 2. The number of hydrogen-bond donors (Lipinski definition) is 4. The molecule has 1 fully saturated rings. The fraction of sp³-hybridized carbons (Fsp3) is 0.750. The molecule has 0 bridgehead atoms. The van der Waals surface area contributed by atoms with Crippen LogP contribution in [0, 0.1) is 10.8 Å². The van der Waals surface area contributed by atoms with Gasteiger partial charge in [0.25, 0.3) is 0 Å². The highest BCUT2D eigenvalue weighted by molar-refractivity contribution is 9.98. The van der Waals surface area contributed by atoms with Crippen molar-refractivity contribution in [1.82, 2.24) is 0 Å². The maximum Gasteiger partial charge on any atom is 0.160 e. The Hall–Kier alpha value is 0.340. The number of hydrogen-bond acceptors (Lipinski definition) is 5. The summed E-state index contributed by atoms with van der Waals surface area (Å²) in [6.07, 6.45) is 0. The van der Waals surface area contributed by atoms with Gasteiger partial charge in [-0.25, -0.2) is 0 Å². The van der Waals surface area contributed by atoms with Crippen LogP contribution < -0.4 is 11.5 Å². The average molecular weight is 301 g/mol. The summed E-state index contributed by atoms with van der Waals surface area (Å²) in [5.41, 5.74) is 11.6. The minimum absolute atomic E-state index is 0.0665. The summed E-state index contributed by atoms with van der Waals surface area (Å²) in [5.74, 6) is 0. The Bertz CT molecular complexity index is 360. The molecule has 1 aliphatic heterocycles. The standard InChI is InChI=1S/C8H20N4S4/c1-5(2)16(6(3)4,8(11)12,14-15-16)13-7(9)10/h5-6H,1-4H3,(H3,9,10)(H3,11,12). The molecule has 1 saturated heterocycles.